The van der Waals surface area contributed by atoms with Crippen molar-refractivity contribution in [1.82, 2.24) is 10.2 Å². The van der Waals surface area contributed by atoms with Crippen LogP contribution in [0.4, 0.5) is 0 Å². The molecule has 7 nitrogen and oxygen atoms in total. The number of β-amino-alcohol motifs (C(OH)–C–C–N with tert-alkyl or cyclic N) is 1. The van der Waals surface area contributed by atoms with Crippen molar-refractivity contribution in [2.24, 2.45) is 5.92 Å². The second-order valence-corrected chi connectivity index (χ2v) is 9.06. The van der Waals surface area contributed by atoms with E-state index in [1.807, 2.05) is 30.3 Å². The van der Waals surface area contributed by atoms with E-state index in [0.717, 1.165) is 36.5 Å². The average molecular weight is 439 g/mol. The van der Waals surface area contributed by atoms with E-state index in [9.17, 15) is 24.6 Å². The Balaban J connectivity index is 1.55. The highest BCUT2D eigenvalue weighted by molar-refractivity contribution is 6.01. The summed E-state index contributed by atoms with van der Waals surface area (Å²) in [7, 11) is 0. The number of hydrogen-bond acceptors (Lipinski definition) is 4. The van der Waals surface area contributed by atoms with E-state index in [4.69, 9.17) is 0 Å². The van der Waals surface area contributed by atoms with Crippen molar-refractivity contribution in [2.75, 3.05) is 6.54 Å². The maximum Gasteiger partial charge on any atom is 0.326 e. The van der Waals surface area contributed by atoms with Crippen LogP contribution >= 0.6 is 0 Å². The first-order valence-corrected chi connectivity index (χ1v) is 11.4. The number of likely N-dealkylation sites (tertiary alicyclic amines) is 1. The van der Waals surface area contributed by atoms with Gasteiger partial charge in [-0.2, -0.15) is 0 Å². The maximum absolute atomic E-state index is 13.4. The van der Waals surface area contributed by atoms with Crippen molar-refractivity contribution in [3.05, 3.63) is 48.0 Å². The standard InChI is InChI=1S/C25H30N2O5/c28-20-14-22(25(31)32)27(15-20)24(30)21(12-16-6-2-1-3-7-16)26-23(29)19-11-10-17-8-4-5-9-18(17)13-19/h4-5,8-11,13,16,20-22,28H,1-3,6-7,12,14-15H2,(H,26,29)(H,31,32)/t20-,21?,22+/m1/s1. The molecule has 0 aromatic heterocycles. The lowest BCUT2D eigenvalue weighted by molar-refractivity contribution is -0.149. The van der Waals surface area contributed by atoms with Gasteiger partial charge in [0.25, 0.3) is 5.91 Å². The Morgan fingerprint density at radius 3 is 2.47 bits per heavy atom. The van der Waals surface area contributed by atoms with Gasteiger partial charge in [0.1, 0.15) is 12.1 Å². The third kappa shape index (κ3) is 4.93. The SMILES string of the molecule is O=C(NC(CC1CCCCC1)C(=O)N1C[C@H](O)C[C@H]1C(=O)O)c1ccc2ccccc2c1. The molecule has 3 N–H and O–H groups in total. The summed E-state index contributed by atoms with van der Waals surface area (Å²) in [4.78, 5) is 39.4. The number of amides is 2. The van der Waals surface area contributed by atoms with Gasteiger partial charge in [-0.05, 0) is 35.2 Å². The normalized spacial score (nSPS) is 22.6. The Morgan fingerprint density at radius 2 is 1.75 bits per heavy atom. The number of aliphatic carboxylic acids is 1. The van der Waals surface area contributed by atoms with Gasteiger partial charge in [-0.3, -0.25) is 9.59 Å². The van der Waals surface area contributed by atoms with E-state index in [1.54, 1.807) is 12.1 Å². The molecule has 2 aromatic rings. The Hall–Kier alpha value is -2.93. The highest BCUT2D eigenvalue weighted by atomic mass is 16.4. The fraction of sp³-hybridized carbons (Fsp3) is 0.480. The van der Waals surface area contributed by atoms with E-state index < -0.39 is 30.1 Å². The van der Waals surface area contributed by atoms with Crippen LogP contribution in [-0.2, 0) is 9.59 Å². The maximum atomic E-state index is 13.4. The zero-order valence-corrected chi connectivity index (χ0v) is 18.1. The van der Waals surface area contributed by atoms with Crippen LogP contribution in [0.3, 0.4) is 0 Å². The lowest BCUT2D eigenvalue weighted by Crippen LogP contribution is -2.52. The van der Waals surface area contributed by atoms with Gasteiger partial charge in [-0.1, -0.05) is 62.4 Å². The molecular formula is C25H30N2O5. The topological polar surface area (TPSA) is 107 Å². The number of aliphatic hydroxyl groups is 1. The van der Waals surface area contributed by atoms with E-state index in [0.29, 0.717) is 17.9 Å². The molecular weight excluding hydrogens is 408 g/mol. The van der Waals surface area contributed by atoms with E-state index in [2.05, 4.69) is 5.32 Å². The van der Waals surface area contributed by atoms with Gasteiger partial charge in [0.15, 0.2) is 0 Å². The molecule has 1 aliphatic carbocycles. The summed E-state index contributed by atoms with van der Waals surface area (Å²) in [6.07, 6.45) is 5.01. The predicted molar refractivity (Wildman–Crippen MR) is 120 cm³/mol. The highest BCUT2D eigenvalue weighted by Gasteiger charge is 2.42. The summed E-state index contributed by atoms with van der Waals surface area (Å²) in [5.41, 5.74) is 0.460. The van der Waals surface area contributed by atoms with Gasteiger partial charge < -0.3 is 20.4 Å². The Bertz CT molecular complexity index is 1000. The number of carbonyl (C=O) groups is 3. The van der Waals surface area contributed by atoms with Crippen molar-refractivity contribution in [1.29, 1.82) is 0 Å². The second-order valence-electron chi connectivity index (χ2n) is 9.06. The number of carbonyl (C=O) groups excluding carboxylic acids is 2. The van der Waals surface area contributed by atoms with Gasteiger partial charge in [0, 0.05) is 18.5 Å². The van der Waals surface area contributed by atoms with E-state index in [-0.39, 0.29) is 18.9 Å². The number of fused-ring (bicyclic) bond motifs is 1. The minimum Gasteiger partial charge on any atom is -0.480 e. The van der Waals surface area contributed by atoms with Crippen LogP contribution < -0.4 is 5.32 Å². The molecule has 3 atom stereocenters. The van der Waals surface area contributed by atoms with E-state index in [1.165, 1.54) is 11.3 Å². The fourth-order valence-electron chi connectivity index (χ4n) is 5.04. The lowest BCUT2D eigenvalue weighted by Gasteiger charge is -2.31. The van der Waals surface area contributed by atoms with Crippen molar-refractivity contribution in [3.63, 3.8) is 0 Å². The molecule has 2 aromatic carbocycles. The van der Waals surface area contributed by atoms with Gasteiger partial charge in [-0.15, -0.1) is 0 Å². The molecule has 1 heterocycles. The molecule has 1 unspecified atom stereocenters. The van der Waals surface area contributed by atoms with Crippen LogP contribution in [0.15, 0.2) is 42.5 Å². The molecule has 2 amide bonds. The number of carboxylic acid groups (broad SMARTS) is 1. The van der Waals surface area contributed by atoms with Crippen LogP contribution in [0.1, 0.15) is 55.3 Å². The Kier molecular flexibility index (Phi) is 6.74. The van der Waals surface area contributed by atoms with Gasteiger partial charge in [0.2, 0.25) is 5.91 Å². The number of nitrogens with one attached hydrogen (secondary N) is 1. The molecule has 7 heteroatoms. The van der Waals surface area contributed by atoms with Crippen LogP contribution in [0, 0.1) is 5.92 Å². The quantitative estimate of drug-likeness (QED) is 0.643. The van der Waals surface area contributed by atoms with Crippen LogP contribution in [0.2, 0.25) is 0 Å². The number of aliphatic hydroxyl groups excluding tert-OH is 1. The van der Waals surface area contributed by atoms with Crippen molar-refractivity contribution < 1.29 is 24.6 Å². The molecule has 2 fully saturated rings. The number of carboxylic acids is 1. The van der Waals surface area contributed by atoms with E-state index >= 15 is 0 Å². The highest BCUT2D eigenvalue weighted by Crippen LogP contribution is 2.29. The minimum atomic E-state index is -1.13. The molecule has 1 saturated heterocycles. The summed E-state index contributed by atoms with van der Waals surface area (Å²) in [5.74, 6) is -1.59. The summed E-state index contributed by atoms with van der Waals surface area (Å²) >= 11 is 0. The monoisotopic (exact) mass is 438 g/mol. The first kappa shape index (κ1) is 22.3. The Morgan fingerprint density at radius 1 is 1.03 bits per heavy atom. The van der Waals surface area contributed by atoms with Crippen LogP contribution in [0.5, 0.6) is 0 Å². The summed E-state index contributed by atoms with van der Waals surface area (Å²) < 4.78 is 0. The summed E-state index contributed by atoms with van der Waals surface area (Å²) in [6, 6.07) is 11.3. The average Bonchev–Trinajstić information content (AvgIpc) is 3.20. The summed E-state index contributed by atoms with van der Waals surface area (Å²) in [5, 5.41) is 24.4. The fourth-order valence-corrected chi connectivity index (χ4v) is 5.04. The molecule has 1 aliphatic heterocycles. The van der Waals surface area contributed by atoms with Crippen molar-refractivity contribution >= 4 is 28.6 Å². The minimum absolute atomic E-state index is 0.00976. The number of benzene rings is 2. The third-order valence-corrected chi connectivity index (χ3v) is 6.76. The largest absolute Gasteiger partial charge is 0.480 e. The summed E-state index contributed by atoms with van der Waals surface area (Å²) in [6.45, 7) is -0.0250. The first-order chi connectivity index (χ1) is 15.4. The molecule has 2 aliphatic rings. The van der Waals surface area contributed by atoms with Crippen LogP contribution in [0.25, 0.3) is 10.8 Å². The van der Waals surface area contributed by atoms with Gasteiger partial charge in [0.05, 0.1) is 6.10 Å². The Labute approximate surface area is 187 Å². The van der Waals surface area contributed by atoms with Crippen LogP contribution in [-0.4, -0.2) is 57.6 Å². The van der Waals surface area contributed by atoms with Gasteiger partial charge >= 0.3 is 5.97 Å². The molecule has 0 radical (unpaired) electrons. The number of nitrogens with zero attached hydrogens (tertiary/aromatic N) is 1. The lowest BCUT2D eigenvalue weighted by atomic mass is 9.84. The number of rotatable bonds is 6. The molecule has 0 bridgehead atoms. The predicted octanol–water partition coefficient (Wildman–Crippen LogP) is 2.96. The zero-order valence-electron chi connectivity index (χ0n) is 18.1. The van der Waals surface area contributed by atoms with Gasteiger partial charge in [-0.25, -0.2) is 4.79 Å². The molecule has 170 valence electrons. The third-order valence-electron chi connectivity index (χ3n) is 6.76. The molecule has 1 saturated carbocycles. The first-order valence-electron chi connectivity index (χ1n) is 11.4. The second kappa shape index (κ2) is 9.69. The van der Waals surface area contributed by atoms with Crippen molar-refractivity contribution in [3.8, 4) is 0 Å². The zero-order chi connectivity index (χ0) is 22.7. The molecule has 32 heavy (non-hydrogen) atoms. The number of hydrogen-bond donors (Lipinski definition) is 3. The molecule has 4 rings (SSSR count). The molecule has 0 spiro atoms. The van der Waals surface area contributed by atoms with Crippen molar-refractivity contribution in [2.45, 2.75) is 63.1 Å². The smallest absolute Gasteiger partial charge is 0.326 e.